The number of nitrogens with zero attached hydrogens (tertiary/aromatic N) is 1. The van der Waals surface area contributed by atoms with Gasteiger partial charge in [-0.05, 0) is 18.9 Å². The van der Waals surface area contributed by atoms with Gasteiger partial charge >= 0.3 is 0 Å². The largest absolute Gasteiger partial charge is 0.380 e. The van der Waals surface area contributed by atoms with Crippen LogP contribution in [0.1, 0.15) is 13.3 Å². The smallest absolute Gasteiger partial charge is 0.0593 e. The average Bonchev–Trinajstić information content (AvgIpc) is 2.52. The molecule has 1 saturated heterocycles. The molecule has 2 heteroatoms. The van der Waals surface area contributed by atoms with Crippen LogP contribution < -0.4 is 0 Å². The van der Waals surface area contributed by atoms with E-state index in [4.69, 9.17) is 4.74 Å². The first-order chi connectivity index (χ1) is 7.36. The van der Waals surface area contributed by atoms with Gasteiger partial charge in [-0.2, -0.15) is 0 Å². The highest BCUT2D eigenvalue weighted by Crippen LogP contribution is 2.05. The molecule has 1 fully saturated rings. The van der Waals surface area contributed by atoms with Gasteiger partial charge in [0.2, 0.25) is 0 Å². The first-order valence-electron chi connectivity index (χ1n) is 5.61. The van der Waals surface area contributed by atoms with E-state index < -0.39 is 0 Å². The van der Waals surface area contributed by atoms with E-state index in [1.54, 1.807) is 0 Å². The van der Waals surface area contributed by atoms with Crippen molar-refractivity contribution in [1.29, 1.82) is 0 Å². The molecular weight excluding hydrogens is 186 g/mol. The number of allylic oxidation sites excluding steroid dienone is 3. The van der Waals surface area contributed by atoms with Gasteiger partial charge in [0.15, 0.2) is 0 Å². The van der Waals surface area contributed by atoms with Gasteiger partial charge in [0.1, 0.15) is 0 Å². The van der Waals surface area contributed by atoms with E-state index in [9.17, 15) is 0 Å². The molecule has 0 atom stereocenters. The lowest BCUT2D eigenvalue weighted by molar-refractivity contribution is 0.143. The predicted octanol–water partition coefficient (Wildman–Crippen LogP) is 2.40. The highest BCUT2D eigenvalue weighted by molar-refractivity contribution is 5.23. The maximum absolute atomic E-state index is 5.42. The van der Waals surface area contributed by atoms with Crippen molar-refractivity contribution >= 4 is 0 Å². The molecule has 1 heterocycles. The summed E-state index contributed by atoms with van der Waals surface area (Å²) < 4.78 is 5.42. The standard InChI is InChI=1S/C13H21NO/c1-3-5-7-13(4-2)12-14-8-6-10-15-11-9-14/h3-5,7H,2,6,8-12H2,1H3/b5-3-,13-7+. The van der Waals surface area contributed by atoms with Crippen molar-refractivity contribution in [3.63, 3.8) is 0 Å². The molecule has 0 amide bonds. The van der Waals surface area contributed by atoms with Crippen molar-refractivity contribution in [2.75, 3.05) is 32.8 Å². The van der Waals surface area contributed by atoms with Crippen molar-refractivity contribution in [3.8, 4) is 0 Å². The zero-order valence-electron chi connectivity index (χ0n) is 9.61. The molecule has 0 spiro atoms. The summed E-state index contributed by atoms with van der Waals surface area (Å²) in [7, 11) is 0. The minimum atomic E-state index is 0.855. The maximum atomic E-state index is 5.42. The fourth-order valence-corrected chi connectivity index (χ4v) is 1.62. The van der Waals surface area contributed by atoms with Crippen LogP contribution in [0.2, 0.25) is 0 Å². The van der Waals surface area contributed by atoms with E-state index in [1.807, 2.05) is 19.1 Å². The lowest BCUT2D eigenvalue weighted by Crippen LogP contribution is -2.28. The van der Waals surface area contributed by atoms with Crippen LogP contribution in [0.4, 0.5) is 0 Å². The van der Waals surface area contributed by atoms with E-state index in [0.717, 1.165) is 39.3 Å². The Bertz CT molecular complexity index is 235. The summed E-state index contributed by atoms with van der Waals surface area (Å²) in [6.45, 7) is 10.8. The van der Waals surface area contributed by atoms with Crippen molar-refractivity contribution < 1.29 is 4.74 Å². The molecule has 0 radical (unpaired) electrons. The minimum absolute atomic E-state index is 0.855. The summed E-state index contributed by atoms with van der Waals surface area (Å²) in [6.07, 6.45) is 9.29. The lowest BCUT2D eigenvalue weighted by atomic mass is 10.2. The molecule has 0 saturated carbocycles. The molecule has 15 heavy (non-hydrogen) atoms. The highest BCUT2D eigenvalue weighted by Gasteiger charge is 2.08. The molecule has 0 aromatic heterocycles. The second kappa shape index (κ2) is 7.43. The minimum Gasteiger partial charge on any atom is -0.380 e. The molecule has 0 aromatic carbocycles. The Kier molecular flexibility index (Phi) is 6.05. The fourth-order valence-electron chi connectivity index (χ4n) is 1.62. The second-order valence-corrected chi connectivity index (χ2v) is 3.71. The fraction of sp³-hybridized carbons (Fsp3) is 0.538. The molecule has 1 aliphatic rings. The van der Waals surface area contributed by atoms with Crippen LogP contribution in [0.25, 0.3) is 0 Å². The summed E-state index contributed by atoms with van der Waals surface area (Å²) in [5.74, 6) is 0. The number of hydrogen-bond donors (Lipinski definition) is 0. The number of ether oxygens (including phenoxy) is 1. The monoisotopic (exact) mass is 207 g/mol. The van der Waals surface area contributed by atoms with Crippen LogP contribution in [0.5, 0.6) is 0 Å². The van der Waals surface area contributed by atoms with Crippen LogP contribution in [-0.4, -0.2) is 37.7 Å². The topological polar surface area (TPSA) is 12.5 Å². The summed E-state index contributed by atoms with van der Waals surface area (Å²) in [4.78, 5) is 2.42. The first kappa shape index (κ1) is 12.2. The summed E-state index contributed by atoms with van der Waals surface area (Å²) in [5.41, 5.74) is 1.27. The van der Waals surface area contributed by atoms with Gasteiger partial charge in [-0.15, -0.1) is 0 Å². The van der Waals surface area contributed by atoms with Gasteiger partial charge in [0, 0.05) is 26.2 Å². The Labute approximate surface area is 92.9 Å². The van der Waals surface area contributed by atoms with E-state index in [0.29, 0.717) is 0 Å². The first-order valence-corrected chi connectivity index (χ1v) is 5.61. The lowest BCUT2D eigenvalue weighted by Gasteiger charge is -2.19. The Morgan fingerprint density at radius 3 is 3.00 bits per heavy atom. The molecule has 0 aromatic rings. The molecule has 1 rings (SSSR count). The van der Waals surface area contributed by atoms with Crippen molar-refractivity contribution in [2.24, 2.45) is 0 Å². The van der Waals surface area contributed by atoms with Crippen molar-refractivity contribution in [3.05, 3.63) is 36.5 Å². The molecule has 0 bridgehead atoms. The van der Waals surface area contributed by atoms with E-state index in [1.165, 1.54) is 5.57 Å². The van der Waals surface area contributed by atoms with Crippen molar-refractivity contribution in [1.82, 2.24) is 4.90 Å². The normalized spacial score (nSPS) is 20.5. The maximum Gasteiger partial charge on any atom is 0.0593 e. The summed E-state index contributed by atoms with van der Waals surface area (Å²) in [5, 5.41) is 0. The van der Waals surface area contributed by atoms with Gasteiger partial charge < -0.3 is 4.74 Å². The van der Waals surface area contributed by atoms with Crippen LogP contribution >= 0.6 is 0 Å². The van der Waals surface area contributed by atoms with Crippen LogP contribution in [0, 0.1) is 0 Å². The molecule has 0 aliphatic carbocycles. The zero-order chi connectivity index (χ0) is 10.9. The van der Waals surface area contributed by atoms with Crippen molar-refractivity contribution in [2.45, 2.75) is 13.3 Å². The third kappa shape index (κ3) is 4.96. The molecule has 2 nitrogen and oxygen atoms in total. The SMILES string of the molecule is C=C/C(=C\C=C/C)CN1CCCOCC1. The number of hydrogen-bond acceptors (Lipinski definition) is 2. The Morgan fingerprint density at radius 2 is 2.27 bits per heavy atom. The average molecular weight is 207 g/mol. The van der Waals surface area contributed by atoms with Gasteiger partial charge in [0.25, 0.3) is 0 Å². The van der Waals surface area contributed by atoms with E-state index >= 15 is 0 Å². The molecule has 1 aliphatic heterocycles. The quantitative estimate of drug-likeness (QED) is 0.656. The van der Waals surface area contributed by atoms with Crippen LogP contribution in [-0.2, 0) is 4.74 Å². The molecule has 0 N–H and O–H groups in total. The second-order valence-electron chi connectivity index (χ2n) is 3.71. The van der Waals surface area contributed by atoms with Gasteiger partial charge in [-0.25, -0.2) is 0 Å². The Morgan fingerprint density at radius 1 is 1.40 bits per heavy atom. The summed E-state index contributed by atoms with van der Waals surface area (Å²) >= 11 is 0. The molecule has 0 unspecified atom stereocenters. The third-order valence-corrected chi connectivity index (χ3v) is 2.49. The molecular formula is C13H21NO. The van der Waals surface area contributed by atoms with Gasteiger partial charge in [0.05, 0.1) is 6.61 Å². The Balaban J connectivity index is 2.45. The highest BCUT2D eigenvalue weighted by atomic mass is 16.5. The number of rotatable bonds is 4. The van der Waals surface area contributed by atoms with Gasteiger partial charge in [-0.3, -0.25) is 4.90 Å². The third-order valence-electron chi connectivity index (χ3n) is 2.49. The zero-order valence-corrected chi connectivity index (χ0v) is 9.61. The van der Waals surface area contributed by atoms with Crippen LogP contribution in [0.15, 0.2) is 36.5 Å². The van der Waals surface area contributed by atoms with E-state index in [2.05, 4.69) is 23.6 Å². The molecule has 84 valence electrons. The summed E-state index contributed by atoms with van der Waals surface area (Å²) in [6, 6.07) is 0. The van der Waals surface area contributed by atoms with E-state index in [-0.39, 0.29) is 0 Å². The van der Waals surface area contributed by atoms with Crippen LogP contribution in [0.3, 0.4) is 0 Å². The van der Waals surface area contributed by atoms with Gasteiger partial charge in [-0.1, -0.05) is 30.9 Å². The predicted molar refractivity (Wildman–Crippen MR) is 65.0 cm³/mol. The Hall–Kier alpha value is -0.860.